The highest BCUT2D eigenvalue weighted by atomic mass is 16.5. The normalized spacial score (nSPS) is 13.9. The first-order valence-corrected chi connectivity index (χ1v) is 6.87. The molecule has 1 rings (SSSR count). The van der Waals surface area contributed by atoms with E-state index in [0.717, 1.165) is 6.42 Å². The van der Waals surface area contributed by atoms with Crippen LogP contribution in [0.25, 0.3) is 0 Å². The van der Waals surface area contributed by atoms with Gasteiger partial charge in [0.25, 0.3) is 0 Å². The lowest BCUT2D eigenvalue weighted by Crippen LogP contribution is -2.42. The van der Waals surface area contributed by atoms with Crippen LogP contribution >= 0.6 is 0 Å². The Hall–Kier alpha value is -1.35. The summed E-state index contributed by atoms with van der Waals surface area (Å²) in [6.45, 7) is 9.06. The van der Waals surface area contributed by atoms with Gasteiger partial charge in [-0.3, -0.25) is 4.79 Å². The van der Waals surface area contributed by atoms with Crippen molar-refractivity contribution in [2.24, 2.45) is 5.92 Å². The Morgan fingerprint density at radius 2 is 2.05 bits per heavy atom. The first-order valence-electron chi connectivity index (χ1n) is 6.87. The molecule has 2 unspecified atom stereocenters. The number of ether oxygens (including phenoxy) is 1. The first kappa shape index (κ1) is 15.7. The summed E-state index contributed by atoms with van der Waals surface area (Å²) in [5.74, 6) is 0.0808. The zero-order chi connectivity index (χ0) is 14.4. The number of nitrogens with one attached hydrogen (secondary N) is 1. The molecular weight excluding hydrogens is 238 g/mol. The molecule has 1 aromatic rings. The summed E-state index contributed by atoms with van der Waals surface area (Å²) in [7, 11) is 1.44. The summed E-state index contributed by atoms with van der Waals surface area (Å²) >= 11 is 0. The number of hydrogen-bond acceptors (Lipinski definition) is 3. The van der Waals surface area contributed by atoms with Gasteiger partial charge in [0.1, 0.15) is 6.04 Å². The van der Waals surface area contributed by atoms with Crippen LogP contribution in [-0.2, 0) is 16.1 Å². The van der Waals surface area contributed by atoms with Gasteiger partial charge in [-0.15, -0.1) is 0 Å². The van der Waals surface area contributed by atoms with Crippen LogP contribution in [0.15, 0.2) is 18.2 Å². The zero-order valence-electron chi connectivity index (χ0n) is 12.6. The van der Waals surface area contributed by atoms with Gasteiger partial charge in [0.15, 0.2) is 0 Å². The number of carbonyl (C=O) groups excluding carboxylic acids is 1. The van der Waals surface area contributed by atoms with Gasteiger partial charge in [-0.05, 0) is 36.5 Å². The average molecular weight is 263 g/mol. The molecule has 3 nitrogen and oxygen atoms in total. The topological polar surface area (TPSA) is 38.3 Å². The van der Waals surface area contributed by atoms with Crippen molar-refractivity contribution in [3.63, 3.8) is 0 Å². The zero-order valence-corrected chi connectivity index (χ0v) is 12.6. The summed E-state index contributed by atoms with van der Waals surface area (Å²) in [5.41, 5.74) is 3.79. The van der Waals surface area contributed by atoms with Crippen molar-refractivity contribution in [2.45, 2.75) is 46.7 Å². The van der Waals surface area contributed by atoms with E-state index < -0.39 is 0 Å². The fourth-order valence-corrected chi connectivity index (χ4v) is 2.10. The van der Waals surface area contributed by atoms with E-state index in [4.69, 9.17) is 4.74 Å². The van der Waals surface area contributed by atoms with Crippen molar-refractivity contribution >= 4 is 5.97 Å². The van der Waals surface area contributed by atoms with Gasteiger partial charge >= 0.3 is 5.97 Å². The molecule has 1 N–H and O–H groups in total. The van der Waals surface area contributed by atoms with Crippen LogP contribution in [0.1, 0.15) is 37.0 Å². The lowest BCUT2D eigenvalue weighted by molar-refractivity contribution is -0.144. The monoisotopic (exact) mass is 263 g/mol. The van der Waals surface area contributed by atoms with E-state index in [-0.39, 0.29) is 17.9 Å². The van der Waals surface area contributed by atoms with E-state index in [2.05, 4.69) is 51.2 Å². The highest BCUT2D eigenvalue weighted by Gasteiger charge is 2.24. The maximum atomic E-state index is 11.8. The highest BCUT2D eigenvalue weighted by Crippen LogP contribution is 2.14. The minimum Gasteiger partial charge on any atom is -0.468 e. The molecule has 0 amide bonds. The minimum atomic E-state index is -0.241. The fourth-order valence-electron chi connectivity index (χ4n) is 2.10. The van der Waals surface area contributed by atoms with Crippen molar-refractivity contribution in [2.75, 3.05) is 7.11 Å². The van der Waals surface area contributed by atoms with Gasteiger partial charge < -0.3 is 10.1 Å². The molecule has 0 bridgehead atoms. The van der Waals surface area contributed by atoms with E-state index >= 15 is 0 Å². The Morgan fingerprint density at radius 1 is 1.37 bits per heavy atom. The molecule has 19 heavy (non-hydrogen) atoms. The van der Waals surface area contributed by atoms with Crippen molar-refractivity contribution in [3.8, 4) is 0 Å². The number of benzene rings is 1. The summed E-state index contributed by atoms with van der Waals surface area (Å²) in [6.07, 6.45) is 0.944. The van der Waals surface area contributed by atoms with Crippen LogP contribution in [0.2, 0.25) is 0 Å². The summed E-state index contributed by atoms with van der Waals surface area (Å²) in [4.78, 5) is 11.8. The Balaban J connectivity index is 2.76. The van der Waals surface area contributed by atoms with Crippen molar-refractivity contribution in [1.82, 2.24) is 5.32 Å². The quantitative estimate of drug-likeness (QED) is 0.802. The first-order chi connectivity index (χ1) is 9.01. The van der Waals surface area contributed by atoms with Crippen LogP contribution in [-0.4, -0.2) is 19.1 Å². The predicted molar refractivity (Wildman–Crippen MR) is 78.0 cm³/mol. The molecular formula is C16H25NO2. The van der Waals surface area contributed by atoms with Crippen molar-refractivity contribution in [3.05, 3.63) is 34.9 Å². The third kappa shape index (κ3) is 4.06. The van der Waals surface area contributed by atoms with E-state index in [9.17, 15) is 4.79 Å². The largest absolute Gasteiger partial charge is 0.468 e. The second-order valence-electron chi connectivity index (χ2n) is 5.13. The number of methoxy groups -OCH3 is 1. The Bertz CT molecular complexity index is 429. The van der Waals surface area contributed by atoms with Gasteiger partial charge in [0.2, 0.25) is 0 Å². The van der Waals surface area contributed by atoms with Gasteiger partial charge in [-0.25, -0.2) is 0 Å². The summed E-state index contributed by atoms with van der Waals surface area (Å²) in [6, 6.07) is 6.01. The minimum absolute atomic E-state index is 0.181. The predicted octanol–water partition coefficient (Wildman–Crippen LogP) is 2.98. The number of rotatable bonds is 6. The molecule has 1 aromatic carbocycles. The lowest BCUT2D eigenvalue weighted by Gasteiger charge is -2.22. The summed E-state index contributed by atoms with van der Waals surface area (Å²) in [5, 5.41) is 3.33. The Morgan fingerprint density at radius 3 is 2.63 bits per heavy atom. The molecule has 0 spiro atoms. The van der Waals surface area contributed by atoms with E-state index in [1.54, 1.807) is 0 Å². The Kier molecular flexibility index (Phi) is 6.03. The molecule has 0 fully saturated rings. The lowest BCUT2D eigenvalue weighted by atomic mass is 9.98. The molecule has 0 radical (unpaired) electrons. The molecule has 106 valence electrons. The van der Waals surface area contributed by atoms with Crippen LogP contribution in [0.5, 0.6) is 0 Å². The molecule has 0 saturated carbocycles. The fraction of sp³-hybridized carbons (Fsp3) is 0.562. The second-order valence-corrected chi connectivity index (χ2v) is 5.13. The molecule has 0 heterocycles. The molecule has 0 aliphatic carbocycles. The molecule has 0 aromatic heterocycles. The van der Waals surface area contributed by atoms with Gasteiger partial charge in [-0.1, -0.05) is 38.5 Å². The smallest absolute Gasteiger partial charge is 0.323 e. The maximum Gasteiger partial charge on any atom is 0.323 e. The van der Waals surface area contributed by atoms with Crippen molar-refractivity contribution < 1.29 is 9.53 Å². The standard InChI is InChI=1S/C16H25NO2/c1-6-11(2)15(16(18)19-5)17-10-14-9-7-8-12(3)13(14)4/h7-9,11,15,17H,6,10H2,1-5H3. The van der Waals surface area contributed by atoms with E-state index in [0.29, 0.717) is 6.54 Å². The van der Waals surface area contributed by atoms with Gasteiger partial charge in [0, 0.05) is 6.54 Å². The maximum absolute atomic E-state index is 11.8. The molecule has 0 saturated heterocycles. The molecule has 0 aliphatic rings. The average Bonchev–Trinajstić information content (AvgIpc) is 2.42. The molecule has 3 heteroatoms. The third-order valence-electron chi connectivity index (χ3n) is 3.90. The molecule has 2 atom stereocenters. The van der Waals surface area contributed by atoms with Crippen LogP contribution in [0, 0.1) is 19.8 Å². The number of aryl methyl sites for hydroxylation is 1. The SMILES string of the molecule is CCC(C)C(NCc1cccc(C)c1C)C(=O)OC. The second kappa shape index (κ2) is 7.29. The number of esters is 1. The Labute approximate surface area is 116 Å². The highest BCUT2D eigenvalue weighted by molar-refractivity contribution is 5.76. The van der Waals surface area contributed by atoms with Crippen LogP contribution in [0.3, 0.4) is 0 Å². The van der Waals surface area contributed by atoms with Crippen LogP contribution in [0.4, 0.5) is 0 Å². The van der Waals surface area contributed by atoms with Crippen molar-refractivity contribution in [1.29, 1.82) is 0 Å². The number of carbonyl (C=O) groups is 1. The number of hydrogen-bond donors (Lipinski definition) is 1. The van der Waals surface area contributed by atoms with Crippen LogP contribution < -0.4 is 5.32 Å². The summed E-state index contributed by atoms with van der Waals surface area (Å²) < 4.78 is 4.88. The van der Waals surface area contributed by atoms with Gasteiger partial charge in [0.05, 0.1) is 7.11 Å². The van der Waals surface area contributed by atoms with Gasteiger partial charge in [-0.2, -0.15) is 0 Å². The third-order valence-corrected chi connectivity index (χ3v) is 3.90. The van der Waals surface area contributed by atoms with E-state index in [1.165, 1.54) is 23.8 Å². The van der Waals surface area contributed by atoms with E-state index in [1.807, 2.05) is 0 Å². The molecule has 0 aliphatic heterocycles.